The first-order valence-electron chi connectivity index (χ1n) is 13.1. The highest BCUT2D eigenvalue weighted by atomic mass is 16.7. The third kappa shape index (κ3) is 9.11. The van der Waals surface area contributed by atoms with Crippen molar-refractivity contribution in [3.05, 3.63) is 0 Å². The Kier molecular flexibility index (Phi) is 14.4. The Morgan fingerprint density at radius 1 is 0.600 bits per heavy atom. The zero-order valence-corrected chi connectivity index (χ0v) is 20.7. The van der Waals surface area contributed by atoms with Crippen LogP contribution < -0.4 is 0 Å². The largest absolute Gasteiger partial charge is 0.394 e. The Morgan fingerprint density at radius 2 is 1.11 bits per heavy atom. The van der Waals surface area contributed by atoms with Gasteiger partial charge in [0.05, 0.1) is 13.2 Å². The lowest BCUT2D eigenvalue weighted by molar-refractivity contribution is -0.357. The fourth-order valence-corrected chi connectivity index (χ4v) is 4.57. The molecule has 0 amide bonds. The van der Waals surface area contributed by atoms with Crippen LogP contribution in [0.1, 0.15) is 71.1 Å². The van der Waals surface area contributed by atoms with Crippen LogP contribution in [0.15, 0.2) is 0 Å². The van der Waals surface area contributed by atoms with Gasteiger partial charge in [-0.05, 0) is 6.42 Å². The highest BCUT2D eigenvalue weighted by molar-refractivity contribution is 4.94. The normalized spacial score (nSPS) is 38.1. The Labute approximate surface area is 207 Å². The van der Waals surface area contributed by atoms with Gasteiger partial charge in [-0.1, -0.05) is 64.7 Å². The Hall–Kier alpha value is -0.440. The molecule has 2 saturated heterocycles. The van der Waals surface area contributed by atoms with E-state index in [1.165, 1.54) is 44.9 Å². The second-order valence-corrected chi connectivity index (χ2v) is 9.55. The van der Waals surface area contributed by atoms with Gasteiger partial charge in [0.15, 0.2) is 12.6 Å². The molecule has 11 nitrogen and oxygen atoms in total. The van der Waals surface area contributed by atoms with Crippen molar-refractivity contribution in [1.82, 2.24) is 0 Å². The zero-order valence-electron chi connectivity index (χ0n) is 20.7. The average Bonchev–Trinajstić information content (AvgIpc) is 2.86. The van der Waals surface area contributed by atoms with Crippen molar-refractivity contribution in [2.24, 2.45) is 0 Å². The lowest BCUT2D eigenvalue weighted by Crippen LogP contribution is -2.64. The molecule has 0 radical (unpaired) electrons. The molecular formula is C24H46O11. The highest BCUT2D eigenvalue weighted by Gasteiger charge is 2.50. The van der Waals surface area contributed by atoms with E-state index >= 15 is 0 Å². The van der Waals surface area contributed by atoms with Crippen molar-refractivity contribution in [3.63, 3.8) is 0 Å². The smallest absolute Gasteiger partial charge is 0.187 e. The summed E-state index contributed by atoms with van der Waals surface area (Å²) in [5, 5.41) is 70.1. The molecule has 0 aromatic carbocycles. The Balaban J connectivity index is 1.76. The number of aliphatic hydroxyl groups is 7. The summed E-state index contributed by atoms with van der Waals surface area (Å²) in [7, 11) is 0. The lowest BCUT2D eigenvalue weighted by Gasteiger charge is -2.46. The summed E-state index contributed by atoms with van der Waals surface area (Å²) in [6.45, 7) is 1.38. The first-order valence-corrected chi connectivity index (χ1v) is 13.1. The summed E-state index contributed by atoms with van der Waals surface area (Å²) >= 11 is 0. The summed E-state index contributed by atoms with van der Waals surface area (Å²) in [5.41, 5.74) is 0. The van der Waals surface area contributed by atoms with Crippen LogP contribution in [0.2, 0.25) is 0 Å². The van der Waals surface area contributed by atoms with E-state index in [2.05, 4.69) is 6.92 Å². The number of hydrogen-bond acceptors (Lipinski definition) is 11. The van der Waals surface area contributed by atoms with E-state index in [-0.39, 0.29) is 0 Å². The van der Waals surface area contributed by atoms with Gasteiger partial charge < -0.3 is 54.7 Å². The van der Waals surface area contributed by atoms with Crippen molar-refractivity contribution in [3.8, 4) is 0 Å². The maximum Gasteiger partial charge on any atom is 0.187 e. The molecule has 0 unspecified atom stereocenters. The van der Waals surface area contributed by atoms with E-state index in [0.29, 0.717) is 6.61 Å². The lowest BCUT2D eigenvalue weighted by atomic mass is 9.97. The number of ether oxygens (including phenoxy) is 4. The van der Waals surface area contributed by atoms with Gasteiger partial charge in [-0.2, -0.15) is 0 Å². The summed E-state index contributed by atoms with van der Waals surface area (Å²) in [6.07, 6.45) is -2.51. The van der Waals surface area contributed by atoms with E-state index in [4.69, 9.17) is 18.9 Å². The summed E-state index contributed by atoms with van der Waals surface area (Å²) in [6, 6.07) is 0. The molecule has 2 fully saturated rings. The van der Waals surface area contributed by atoms with Crippen molar-refractivity contribution in [2.45, 2.75) is 133 Å². The fraction of sp³-hybridized carbons (Fsp3) is 1.00. The van der Waals surface area contributed by atoms with Crippen molar-refractivity contribution in [1.29, 1.82) is 0 Å². The molecule has 11 heteroatoms. The van der Waals surface area contributed by atoms with Gasteiger partial charge in [-0.3, -0.25) is 0 Å². The van der Waals surface area contributed by atoms with E-state index < -0.39 is 74.6 Å². The third-order valence-corrected chi connectivity index (χ3v) is 6.76. The van der Waals surface area contributed by atoms with Gasteiger partial charge in [0, 0.05) is 6.61 Å². The van der Waals surface area contributed by atoms with Crippen LogP contribution in [0.25, 0.3) is 0 Å². The van der Waals surface area contributed by atoms with Gasteiger partial charge in [-0.15, -0.1) is 0 Å². The molecule has 0 saturated carbocycles. The zero-order chi connectivity index (χ0) is 25.8. The highest BCUT2D eigenvalue weighted by Crippen LogP contribution is 2.29. The molecule has 0 aromatic heterocycles. The predicted molar refractivity (Wildman–Crippen MR) is 124 cm³/mol. The van der Waals surface area contributed by atoms with Crippen LogP contribution in [-0.2, 0) is 18.9 Å². The van der Waals surface area contributed by atoms with E-state index in [9.17, 15) is 35.7 Å². The second-order valence-electron chi connectivity index (χ2n) is 9.55. The maximum atomic E-state index is 10.6. The van der Waals surface area contributed by atoms with Crippen LogP contribution in [0.3, 0.4) is 0 Å². The molecule has 0 aliphatic carbocycles. The first-order chi connectivity index (χ1) is 16.8. The van der Waals surface area contributed by atoms with Crippen LogP contribution in [0.5, 0.6) is 0 Å². The molecule has 2 aliphatic heterocycles. The number of aliphatic hydroxyl groups excluding tert-OH is 7. The Morgan fingerprint density at radius 3 is 1.69 bits per heavy atom. The van der Waals surface area contributed by atoms with Crippen molar-refractivity contribution >= 4 is 0 Å². The molecule has 0 aromatic rings. The number of unbranched alkanes of at least 4 members (excludes halogenated alkanes) is 9. The molecule has 10 atom stereocenters. The quantitative estimate of drug-likeness (QED) is 0.134. The Bertz CT molecular complexity index is 550. The van der Waals surface area contributed by atoms with Gasteiger partial charge in [0.1, 0.15) is 48.8 Å². The fourth-order valence-electron chi connectivity index (χ4n) is 4.57. The predicted octanol–water partition coefficient (Wildman–Crippen LogP) is -0.452. The molecule has 2 rings (SSSR count). The summed E-state index contributed by atoms with van der Waals surface area (Å²) < 4.78 is 21.9. The second kappa shape index (κ2) is 16.4. The minimum atomic E-state index is -1.72. The topological polar surface area (TPSA) is 179 Å². The number of hydrogen-bond donors (Lipinski definition) is 7. The molecule has 208 valence electrons. The molecule has 2 aliphatic rings. The van der Waals surface area contributed by atoms with Crippen LogP contribution >= 0.6 is 0 Å². The monoisotopic (exact) mass is 510 g/mol. The van der Waals surface area contributed by atoms with Gasteiger partial charge in [0.25, 0.3) is 0 Å². The minimum absolute atomic E-state index is 0.335. The van der Waals surface area contributed by atoms with Gasteiger partial charge in [0.2, 0.25) is 0 Å². The summed E-state index contributed by atoms with van der Waals surface area (Å²) in [4.78, 5) is 0. The van der Waals surface area contributed by atoms with E-state index in [1.54, 1.807) is 0 Å². The summed E-state index contributed by atoms with van der Waals surface area (Å²) in [5.74, 6) is 0. The van der Waals surface area contributed by atoms with Gasteiger partial charge >= 0.3 is 0 Å². The molecule has 0 bridgehead atoms. The number of rotatable bonds is 16. The van der Waals surface area contributed by atoms with Crippen LogP contribution in [-0.4, -0.2) is 117 Å². The molecular weight excluding hydrogens is 464 g/mol. The average molecular weight is 511 g/mol. The van der Waals surface area contributed by atoms with E-state index in [1.807, 2.05) is 0 Å². The van der Waals surface area contributed by atoms with Crippen molar-refractivity contribution < 1.29 is 54.7 Å². The van der Waals surface area contributed by atoms with Crippen LogP contribution in [0.4, 0.5) is 0 Å². The van der Waals surface area contributed by atoms with E-state index in [0.717, 1.165) is 19.3 Å². The third-order valence-electron chi connectivity index (χ3n) is 6.76. The molecule has 35 heavy (non-hydrogen) atoms. The van der Waals surface area contributed by atoms with Gasteiger partial charge in [-0.25, -0.2) is 0 Å². The molecule has 2 heterocycles. The van der Waals surface area contributed by atoms with Crippen LogP contribution in [0, 0.1) is 0 Å². The first kappa shape index (κ1) is 30.8. The van der Waals surface area contributed by atoms with Crippen molar-refractivity contribution in [2.75, 3.05) is 19.8 Å². The SMILES string of the molecule is CCCCCCCCCCCCO[C@H]1[C@H](O)[C@@H](O)[C@@H](O[C@H]2[C@H](O)[C@@H](O)[C@H](O)O[C@@H]2CO)O[C@@H]1CO. The maximum absolute atomic E-state index is 10.6. The minimum Gasteiger partial charge on any atom is -0.394 e. The molecule has 0 spiro atoms. The molecule has 7 N–H and O–H groups in total. The standard InChI is InChI=1S/C24H46O11/c1-2-3-4-5-6-7-8-9-10-11-12-32-21-15(13-25)34-24(20(30)18(21)28)35-22-16(14-26)33-23(31)19(29)17(22)27/h15-31H,2-14H2,1H3/t15-,16-,17-,18-,19-,20-,21-,22-,23-,24-/m1/s1.